The van der Waals surface area contributed by atoms with Crippen LogP contribution in [-0.4, -0.2) is 23.6 Å². The number of nitriles is 1. The Morgan fingerprint density at radius 1 is 1.62 bits per heavy atom. The number of rotatable bonds is 6. The van der Waals surface area contributed by atoms with Crippen molar-refractivity contribution >= 4 is 17.7 Å². The smallest absolute Gasteiger partial charge is 0.315 e. The second-order valence-electron chi connectivity index (χ2n) is 2.51. The van der Waals surface area contributed by atoms with Crippen molar-refractivity contribution in [3.63, 3.8) is 0 Å². The number of ether oxygens (including phenoxy) is 1. The minimum absolute atomic E-state index is 0.191. The van der Waals surface area contributed by atoms with Crippen LogP contribution in [0.2, 0.25) is 0 Å². The van der Waals surface area contributed by atoms with Gasteiger partial charge in [0.2, 0.25) is 0 Å². The summed E-state index contributed by atoms with van der Waals surface area (Å²) in [7, 11) is 0. The van der Waals surface area contributed by atoms with Crippen LogP contribution in [0, 0.1) is 11.3 Å². The van der Waals surface area contributed by atoms with E-state index in [-0.39, 0.29) is 11.2 Å². The Balaban J connectivity index is 3.60. The Labute approximate surface area is 83.4 Å². The summed E-state index contributed by atoms with van der Waals surface area (Å²) < 4.78 is 4.77. The van der Waals surface area contributed by atoms with E-state index in [0.717, 1.165) is 6.42 Å². The number of nitrogens with zero attached hydrogens (tertiary/aromatic N) is 1. The highest BCUT2D eigenvalue weighted by Gasteiger charge is 2.09. The fourth-order valence-electron chi connectivity index (χ4n) is 0.811. The van der Waals surface area contributed by atoms with Crippen LogP contribution in [-0.2, 0) is 9.53 Å². The van der Waals surface area contributed by atoms with Crippen LogP contribution in [0.25, 0.3) is 0 Å². The van der Waals surface area contributed by atoms with Gasteiger partial charge in [-0.2, -0.15) is 5.26 Å². The molecule has 0 aromatic rings. The van der Waals surface area contributed by atoms with E-state index >= 15 is 0 Å². The maximum Gasteiger partial charge on any atom is 0.315 e. The molecule has 13 heavy (non-hydrogen) atoms. The molecule has 1 unspecified atom stereocenters. The standard InChI is InChI=1S/C9H15NO2S/c1-3-8(5-6-10)13-7-9(11)12-4-2/h8H,3-5,7H2,1-2H3. The summed E-state index contributed by atoms with van der Waals surface area (Å²) in [4.78, 5) is 10.9. The van der Waals surface area contributed by atoms with E-state index in [1.165, 1.54) is 11.8 Å². The number of esters is 1. The SMILES string of the molecule is CCOC(=O)CSC(CC)CC#N. The molecule has 4 heteroatoms. The molecule has 0 saturated carbocycles. The lowest BCUT2D eigenvalue weighted by molar-refractivity contribution is -0.139. The Kier molecular flexibility index (Phi) is 7.51. The number of carbonyl (C=O) groups excluding carboxylic acids is 1. The van der Waals surface area contributed by atoms with Crippen molar-refractivity contribution in [2.24, 2.45) is 0 Å². The molecule has 0 N–H and O–H groups in total. The topological polar surface area (TPSA) is 50.1 Å². The second-order valence-corrected chi connectivity index (χ2v) is 3.80. The average Bonchev–Trinajstić information content (AvgIpc) is 2.12. The molecule has 1 atom stereocenters. The van der Waals surface area contributed by atoms with Gasteiger partial charge in [-0.3, -0.25) is 4.79 Å². The van der Waals surface area contributed by atoms with E-state index in [1.807, 2.05) is 6.92 Å². The predicted octanol–water partition coefficient (Wildman–Crippen LogP) is 1.97. The maximum atomic E-state index is 10.9. The van der Waals surface area contributed by atoms with E-state index in [0.29, 0.717) is 18.8 Å². The van der Waals surface area contributed by atoms with Gasteiger partial charge in [0.05, 0.1) is 18.4 Å². The van der Waals surface area contributed by atoms with E-state index < -0.39 is 0 Å². The quantitative estimate of drug-likeness (QED) is 0.616. The van der Waals surface area contributed by atoms with Gasteiger partial charge < -0.3 is 4.74 Å². The van der Waals surface area contributed by atoms with Gasteiger partial charge >= 0.3 is 5.97 Å². The van der Waals surface area contributed by atoms with Crippen molar-refractivity contribution in [1.29, 1.82) is 5.26 Å². The molecular formula is C9H15NO2S. The molecule has 0 aliphatic rings. The molecule has 0 aromatic heterocycles. The van der Waals surface area contributed by atoms with Crippen molar-refractivity contribution in [1.82, 2.24) is 0 Å². The summed E-state index contributed by atoms with van der Waals surface area (Å²) in [6.45, 7) is 4.23. The first-order chi connectivity index (χ1) is 6.24. The van der Waals surface area contributed by atoms with Crippen molar-refractivity contribution < 1.29 is 9.53 Å². The molecule has 0 amide bonds. The van der Waals surface area contributed by atoms with E-state index in [1.54, 1.807) is 6.92 Å². The Morgan fingerprint density at radius 3 is 2.77 bits per heavy atom. The van der Waals surface area contributed by atoms with Crippen molar-refractivity contribution in [3.05, 3.63) is 0 Å². The van der Waals surface area contributed by atoms with Gasteiger partial charge in [0.15, 0.2) is 0 Å². The summed E-state index contributed by atoms with van der Waals surface area (Å²) in [5, 5.41) is 8.72. The molecular weight excluding hydrogens is 186 g/mol. The molecule has 0 heterocycles. The van der Waals surface area contributed by atoms with Crippen LogP contribution in [0.1, 0.15) is 26.7 Å². The van der Waals surface area contributed by atoms with Crippen LogP contribution in [0.4, 0.5) is 0 Å². The molecule has 3 nitrogen and oxygen atoms in total. The number of carbonyl (C=O) groups is 1. The van der Waals surface area contributed by atoms with Crippen molar-refractivity contribution in [2.45, 2.75) is 31.9 Å². The van der Waals surface area contributed by atoms with Crippen molar-refractivity contribution in [2.75, 3.05) is 12.4 Å². The fraction of sp³-hybridized carbons (Fsp3) is 0.778. The highest BCUT2D eigenvalue weighted by molar-refractivity contribution is 8.00. The van der Waals surface area contributed by atoms with Crippen molar-refractivity contribution in [3.8, 4) is 6.07 Å². The Morgan fingerprint density at radius 2 is 2.31 bits per heavy atom. The third kappa shape index (κ3) is 6.47. The molecule has 0 aliphatic heterocycles. The molecule has 0 fully saturated rings. The second kappa shape index (κ2) is 7.93. The summed E-state index contributed by atoms with van der Waals surface area (Å²) >= 11 is 1.50. The highest BCUT2D eigenvalue weighted by atomic mass is 32.2. The summed E-state index contributed by atoms with van der Waals surface area (Å²) in [6.07, 6.45) is 1.41. The Hall–Kier alpha value is -0.690. The van der Waals surface area contributed by atoms with E-state index in [9.17, 15) is 4.79 Å². The first-order valence-electron chi connectivity index (χ1n) is 4.38. The van der Waals surface area contributed by atoms with Gasteiger partial charge in [-0.25, -0.2) is 0 Å². The molecule has 0 aliphatic carbocycles. The highest BCUT2D eigenvalue weighted by Crippen LogP contribution is 2.17. The Bertz CT molecular complexity index is 189. The summed E-state index contributed by atoms with van der Waals surface area (Å²) in [5.74, 6) is 0.164. The van der Waals surface area contributed by atoms with Gasteiger partial charge in [0.1, 0.15) is 0 Å². The number of hydrogen-bond donors (Lipinski definition) is 0. The molecule has 0 saturated heterocycles. The van der Waals surface area contributed by atoms with Gasteiger partial charge in [-0.15, -0.1) is 11.8 Å². The molecule has 0 rings (SSSR count). The summed E-state index contributed by atoms with van der Waals surface area (Å²) in [5.41, 5.74) is 0. The first-order valence-corrected chi connectivity index (χ1v) is 5.43. The van der Waals surface area contributed by atoms with Crippen LogP contribution in [0.15, 0.2) is 0 Å². The normalized spacial score (nSPS) is 11.8. The molecule has 0 aromatic carbocycles. The molecule has 0 spiro atoms. The first kappa shape index (κ1) is 12.3. The third-order valence-electron chi connectivity index (χ3n) is 1.52. The van der Waals surface area contributed by atoms with Gasteiger partial charge in [-0.05, 0) is 13.3 Å². The zero-order valence-corrected chi connectivity index (χ0v) is 8.89. The maximum absolute atomic E-state index is 10.9. The lowest BCUT2D eigenvalue weighted by atomic mass is 10.3. The predicted molar refractivity (Wildman–Crippen MR) is 53.4 cm³/mol. The minimum Gasteiger partial charge on any atom is -0.465 e. The van der Waals surface area contributed by atoms with E-state index in [2.05, 4.69) is 6.07 Å². The molecule has 0 radical (unpaired) electrons. The zero-order valence-electron chi connectivity index (χ0n) is 8.08. The van der Waals surface area contributed by atoms with Crippen LogP contribution < -0.4 is 0 Å². The molecule has 74 valence electrons. The number of hydrogen-bond acceptors (Lipinski definition) is 4. The lowest BCUT2D eigenvalue weighted by Crippen LogP contribution is -2.10. The molecule has 0 bridgehead atoms. The van der Waals surface area contributed by atoms with Crippen LogP contribution in [0.3, 0.4) is 0 Å². The third-order valence-corrected chi connectivity index (χ3v) is 2.89. The minimum atomic E-state index is -0.191. The largest absolute Gasteiger partial charge is 0.465 e. The zero-order chi connectivity index (χ0) is 10.1. The average molecular weight is 201 g/mol. The van der Waals surface area contributed by atoms with Gasteiger partial charge in [0.25, 0.3) is 0 Å². The fourth-order valence-corrected chi connectivity index (χ4v) is 1.69. The van der Waals surface area contributed by atoms with Crippen LogP contribution in [0.5, 0.6) is 0 Å². The van der Waals surface area contributed by atoms with Gasteiger partial charge in [0, 0.05) is 11.7 Å². The summed E-state index contributed by atoms with van der Waals surface area (Å²) in [6, 6.07) is 2.10. The number of thioether (sulfide) groups is 1. The van der Waals surface area contributed by atoms with Crippen LogP contribution >= 0.6 is 11.8 Å². The van der Waals surface area contributed by atoms with E-state index in [4.69, 9.17) is 10.00 Å². The van der Waals surface area contributed by atoms with Gasteiger partial charge in [-0.1, -0.05) is 6.92 Å². The monoisotopic (exact) mass is 201 g/mol. The lowest BCUT2D eigenvalue weighted by Gasteiger charge is -2.09.